The molecule has 0 unspecified atom stereocenters. The lowest BCUT2D eigenvalue weighted by Crippen LogP contribution is -2.26. The van der Waals surface area contributed by atoms with Crippen molar-refractivity contribution in [2.24, 2.45) is 7.05 Å². The smallest absolute Gasteiger partial charge is 0.178 e. The van der Waals surface area contributed by atoms with Crippen molar-refractivity contribution in [3.63, 3.8) is 0 Å². The van der Waals surface area contributed by atoms with E-state index in [-0.39, 0.29) is 0 Å². The van der Waals surface area contributed by atoms with Crippen molar-refractivity contribution in [2.45, 2.75) is 6.92 Å². The molecule has 2 heterocycles. The molecule has 2 rings (SSSR count). The molecule has 0 aliphatic heterocycles. The summed E-state index contributed by atoms with van der Waals surface area (Å²) in [7, 11) is 2.02. The third kappa shape index (κ3) is 1.75. The summed E-state index contributed by atoms with van der Waals surface area (Å²) in [6.45, 7) is 2.02. The zero-order valence-corrected chi connectivity index (χ0v) is 8.51. The maximum Gasteiger partial charge on any atom is 0.178 e. The van der Waals surface area contributed by atoms with Gasteiger partial charge in [0.25, 0.3) is 0 Å². The highest BCUT2D eigenvalue weighted by atomic mass is 32.1. The van der Waals surface area contributed by atoms with Crippen LogP contribution in [0.1, 0.15) is 5.01 Å². The van der Waals surface area contributed by atoms with Gasteiger partial charge in [-0.25, -0.2) is 9.55 Å². The Morgan fingerprint density at radius 1 is 1.46 bits per heavy atom. The fourth-order valence-corrected chi connectivity index (χ4v) is 1.86. The van der Waals surface area contributed by atoms with Crippen LogP contribution in [0.4, 0.5) is 0 Å². The van der Waals surface area contributed by atoms with Crippen LogP contribution in [0.3, 0.4) is 0 Å². The molecular formula is C10H11N2S+. The number of aromatic nitrogens is 2. The Morgan fingerprint density at radius 3 is 2.92 bits per heavy atom. The van der Waals surface area contributed by atoms with Crippen molar-refractivity contribution in [1.82, 2.24) is 4.98 Å². The second-order valence-corrected chi connectivity index (χ2v) is 4.07. The summed E-state index contributed by atoms with van der Waals surface area (Å²) in [4.78, 5) is 4.43. The van der Waals surface area contributed by atoms with Gasteiger partial charge in [-0.2, -0.15) is 0 Å². The van der Waals surface area contributed by atoms with Gasteiger partial charge in [-0.1, -0.05) is 0 Å². The van der Waals surface area contributed by atoms with E-state index < -0.39 is 0 Å². The van der Waals surface area contributed by atoms with Gasteiger partial charge in [0, 0.05) is 11.4 Å². The van der Waals surface area contributed by atoms with Gasteiger partial charge in [-0.15, -0.1) is 11.3 Å². The number of nitrogens with zero attached hydrogens (tertiary/aromatic N) is 2. The Hall–Kier alpha value is -1.22. The first-order valence-electron chi connectivity index (χ1n) is 4.13. The van der Waals surface area contributed by atoms with E-state index in [0.29, 0.717) is 0 Å². The Kier molecular flexibility index (Phi) is 2.10. The van der Waals surface area contributed by atoms with E-state index in [1.54, 1.807) is 11.3 Å². The second-order valence-electron chi connectivity index (χ2n) is 3.01. The third-order valence-corrected chi connectivity index (χ3v) is 2.63. The highest BCUT2D eigenvalue weighted by Gasteiger charge is 2.04. The Labute approximate surface area is 81.5 Å². The molecule has 3 heteroatoms. The van der Waals surface area contributed by atoms with Gasteiger partial charge in [-0.3, -0.25) is 0 Å². The minimum absolute atomic E-state index is 1.07. The Bertz CT molecular complexity index is 420. The quantitative estimate of drug-likeness (QED) is 0.629. The highest BCUT2D eigenvalue weighted by molar-refractivity contribution is 7.09. The monoisotopic (exact) mass is 191 g/mol. The van der Waals surface area contributed by atoms with Crippen molar-refractivity contribution < 1.29 is 4.57 Å². The second kappa shape index (κ2) is 3.26. The predicted octanol–water partition coefficient (Wildman–Crippen LogP) is 1.94. The fourth-order valence-electron chi connectivity index (χ4n) is 1.24. The van der Waals surface area contributed by atoms with Crippen LogP contribution in [0.25, 0.3) is 11.3 Å². The van der Waals surface area contributed by atoms with Crippen LogP contribution in [0, 0.1) is 6.92 Å². The van der Waals surface area contributed by atoms with Gasteiger partial charge in [0.05, 0.1) is 16.3 Å². The number of rotatable bonds is 1. The molecule has 0 aliphatic carbocycles. The van der Waals surface area contributed by atoms with E-state index in [9.17, 15) is 0 Å². The number of thiazole rings is 1. The van der Waals surface area contributed by atoms with Crippen molar-refractivity contribution in [2.75, 3.05) is 0 Å². The molecule has 0 amide bonds. The maximum absolute atomic E-state index is 4.43. The molecule has 0 saturated carbocycles. The summed E-state index contributed by atoms with van der Waals surface area (Å²) in [5.74, 6) is 0. The minimum atomic E-state index is 1.07. The Balaban J connectivity index is 2.46. The van der Waals surface area contributed by atoms with Gasteiger partial charge in [-0.05, 0) is 13.0 Å². The number of aryl methyl sites for hydroxylation is 2. The third-order valence-electron chi connectivity index (χ3n) is 1.85. The van der Waals surface area contributed by atoms with Gasteiger partial charge in [0.1, 0.15) is 7.05 Å². The molecule has 2 aromatic rings. The molecular weight excluding hydrogens is 180 g/mol. The minimum Gasteiger partial charge on any atom is -0.241 e. The summed E-state index contributed by atoms with van der Waals surface area (Å²) < 4.78 is 2.03. The van der Waals surface area contributed by atoms with Crippen molar-refractivity contribution in [3.05, 3.63) is 34.9 Å². The molecule has 2 aromatic heterocycles. The van der Waals surface area contributed by atoms with Crippen LogP contribution < -0.4 is 4.57 Å². The summed E-state index contributed by atoms with van der Waals surface area (Å²) in [5, 5.41) is 3.20. The van der Waals surface area contributed by atoms with Gasteiger partial charge < -0.3 is 0 Å². The molecule has 0 atom stereocenters. The summed E-state index contributed by atoms with van der Waals surface area (Å²) in [6.07, 6.45) is 4.09. The van der Waals surface area contributed by atoms with Crippen molar-refractivity contribution >= 4 is 11.3 Å². The number of hydrogen-bond donors (Lipinski definition) is 0. The fraction of sp³-hybridized carbons (Fsp3) is 0.200. The van der Waals surface area contributed by atoms with Crippen molar-refractivity contribution in [3.8, 4) is 11.3 Å². The average Bonchev–Trinajstić information content (AvgIpc) is 2.52. The SMILES string of the molecule is Cc1nc(-c2ccc[n+](C)c2)cs1. The summed E-state index contributed by atoms with van der Waals surface area (Å²) >= 11 is 1.68. The Morgan fingerprint density at radius 2 is 2.31 bits per heavy atom. The lowest BCUT2D eigenvalue weighted by atomic mass is 10.2. The van der Waals surface area contributed by atoms with E-state index in [1.165, 1.54) is 5.56 Å². The molecule has 13 heavy (non-hydrogen) atoms. The highest BCUT2D eigenvalue weighted by Crippen LogP contribution is 2.19. The first-order valence-corrected chi connectivity index (χ1v) is 5.01. The van der Waals surface area contributed by atoms with Crippen LogP contribution in [0.15, 0.2) is 29.9 Å². The van der Waals surface area contributed by atoms with Crippen LogP contribution in [0.2, 0.25) is 0 Å². The molecule has 0 saturated heterocycles. The predicted molar refractivity (Wildman–Crippen MR) is 53.5 cm³/mol. The molecule has 0 aliphatic rings. The van der Waals surface area contributed by atoms with Crippen LogP contribution in [-0.4, -0.2) is 4.98 Å². The molecule has 0 aromatic carbocycles. The van der Waals surface area contributed by atoms with Gasteiger partial charge in [0.2, 0.25) is 0 Å². The zero-order valence-electron chi connectivity index (χ0n) is 7.69. The molecule has 2 nitrogen and oxygen atoms in total. The lowest BCUT2D eigenvalue weighted by Gasteiger charge is -1.92. The average molecular weight is 191 g/mol. The van der Waals surface area contributed by atoms with E-state index in [0.717, 1.165) is 10.7 Å². The topological polar surface area (TPSA) is 16.8 Å². The summed E-state index contributed by atoms with van der Waals surface area (Å²) in [6, 6.07) is 4.11. The largest absolute Gasteiger partial charge is 0.241 e. The van der Waals surface area contributed by atoms with E-state index >= 15 is 0 Å². The first kappa shape index (κ1) is 8.38. The van der Waals surface area contributed by atoms with Gasteiger partial charge >= 0.3 is 0 Å². The van der Waals surface area contributed by atoms with E-state index in [2.05, 4.69) is 22.6 Å². The van der Waals surface area contributed by atoms with Crippen LogP contribution >= 0.6 is 11.3 Å². The molecule has 0 radical (unpaired) electrons. The standard InChI is InChI=1S/C10H11N2S/c1-8-11-10(7-13-8)9-4-3-5-12(2)6-9/h3-7H,1-2H3/q+1. The number of pyridine rings is 1. The molecule has 0 N–H and O–H groups in total. The zero-order chi connectivity index (χ0) is 9.26. The van der Waals surface area contributed by atoms with Crippen LogP contribution in [-0.2, 0) is 7.05 Å². The molecule has 0 spiro atoms. The van der Waals surface area contributed by atoms with Crippen LogP contribution in [0.5, 0.6) is 0 Å². The first-order chi connectivity index (χ1) is 6.25. The maximum atomic E-state index is 4.43. The molecule has 0 bridgehead atoms. The lowest BCUT2D eigenvalue weighted by molar-refractivity contribution is -0.671. The van der Waals surface area contributed by atoms with Crippen molar-refractivity contribution in [1.29, 1.82) is 0 Å². The normalized spacial score (nSPS) is 10.3. The molecule has 0 fully saturated rings. The van der Waals surface area contributed by atoms with E-state index in [4.69, 9.17) is 0 Å². The van der Waals surface area contributed by atoms with E-state index in [1.807, 2.05) is 30.8 Å². The van der Waals surface area contributed by atoms with Gasteiger partial charge in [0.15, 0.2) is 12.4 Å². The number of hydrogen-bond acceptors (Lipinski definition) is 2. The molecule has 66 valence electrons. The summed E-state index contributed by atoms with van der Waals surface area (Å²) in [5.41, 5.74) is 2.24.